The van der Waals surface area contributed by atoms with Gasteiger partial charge in [0.2, 0.25) is 5.91 Å². The van der Waals surface area contributed by atoms with E-state index in [9.17, 15) is 9.59 Å². The third kappa shape index (κ3) is 4.43. The molecule has 0 aliphatic rings. The van der Waals surface area contributed by atoms with Gasteiger partial charge in [-0.25, -0.2) is 0 Å². The molecule has 0 spiro atoms. The van der Waals surface area contributed by atoms with Gasteiger partial charge in [-0.3, -0.25) is 9.59 Å². The largest absolute Gasteiger partial charge is 0.489 e. The van der Waals surface area contributed by atoms with E-state index >= 15 is 0 Å². The number of hydrogen-bond donors (Lipinski definition) is 1. The summed E-state index contributed by atoms with van der Waals surface area (Å²) < 4.78 is 5.65. The van der Waals surface area contributed by atoms with E-state index in [0.29, 0.717) is 23.4 Å². The first-order valence-corrected chi connectivity index (χ1v) is 7.54. The highest BCUT2D eigenvalue weighted by molar-refractivity contribution is 7.10. The average molecular weight is 303 g/mol. The molecule has 1 amide bonds. The molecule has 0 atom stereocenters. The molecule has 1 N–H and O–H groups in total. The lowest BCUT2D eigenvalue weighted by atomic mass is 10.2. The molecular weight excluding hydrogens is 286 g/mol. The zero-order chi connectivity index (χ0) is 15.2. The Morgan fingerprint density at radius 2 is 2.19 bits per heavy atom. The normalized spacial score (nSPS) is 10.4. The van der Waals surface area contributed by atoms with E-state index in [1.165, 1.54) is 11.3 Å². The molecule has 1 aromatic carbocycles. The summed E-state index contributed by atoms with van der Waals surface area (Å²) in [7, 11) is 0. The number of carbonyl (C=O) groups excluding carboxylic acids is 2. The molecule has 0 aliphatic carbocycles. The van der Waals surface area contributed by atoms with Gasteiger partial charge in [0.1, 0.15) is 12.0 Å². The van der Waals surface area contributed by atoms with E-state index in [-0.39, 0.29) is 12.0 Å². The van der Waals surface area contributed by atoms with Crippen molar-refractivity contribution in [3.05, 3.63) is 46.2 Å². The second-order valence-corrected chi connectivity index (χ2v) is 5.88. The molecule has 2 aromatic rings. The fourth-order valence-corrected chi connectivity index (χ4v) is 2.54. The Labute approximate surface area is 127 Å². The summed E-state index contributed by atoms with van der Waals surface area (Å²) >= 11 is 1.54. The van der Waals surface area contributed by atoms with E-state index in [4.69, 9.17) is 4.74 Å². The third-order valence-electron chi connectivity index (χ3n) is 2.69. The van der Waals surface area contributed by atoms with Crippen molar-refractivity contribution >= 4 is 29.2 Å². The van der Waals surface area contributed by atoms with E-state index in [1.807, 2.05) is 31.4 Å². The topological polar surface area (TPSA) is 55.4 Å². The standard InChI is InChI=1S/C16H17NO3S/c1-11(2)20-15-6-5-12(10-18)8-14(15)17-16(19)9-13-4-3-7-21-13/h3-8,10-11H,9H2,1-2H3,(H,17,19). The highest BCUT2D eigenvalue weighted by atomic mass is 32.1. The fraction of sp³-hybridized carbons (Fsp3) is 0.250. The summed E-state index contributed by atoms with van der Waals surface area (Å²) in [6, 6.07) is 8.81. The maximum Gasteiger partial charge on any atom is 0.229 e. The summed E-state index contributed by atoms with van der Waals surface area (Å²) in [6.45, 7) is 3.82. The van der Waals surface area contributed by atoms with Crippen LogP contribution in [0.1, 0.15) is 29.1 Å². The first kappa shape index (κ1) is 15.3. The fourth-order valence-electron chi connectivity index (χ4n) is 1.84. The SMILES string of the molecule is CC(C)Oc1ccc(C=O)cc1NC(=O)Cc1cccs1. The summed E-state index contributed by atoms with van der Waals surface area (Å²) in [6.07, 6.45) is 1.04. The molecule has 0 saturated carbocycles. The molecule has 0 fully saturated rings. The zero-order valence-corrected chi connectivity index (χ0v) is 12.8. The van der Waals surface area contributed by atoms with Gasteiger partial charge in [-0.05, 0) is 43.5 Å². The number of thiophene rings is 1. The number of rotatable bonds is 6. The number of anilines is 1. The molecule has 1 aromatic heterocycles. The van der Waals surface area contributed by atoms with Gasteiger partial charge in [-0.15, -0.1) is 11.3 Å². The molecule has 0 radical (unpaired) electrons. The predicted octanol–water partition coefficient (Wildman–Crippen LogP) is 3.53. The summed E-state index contributed by atoms with van der Waals surface area (Å²) in [5.74, 6) is 0.434. The molecule has 0 saturated heterocycles. The molecule has 0 unspecified atom stereocenters. The van der Waals surface area contributed by atoms with Gasteiger partial charge >= 0.3 is 0 Å². The first-order valence-electron chi connectivity index (χ1n) is 6.66. The third-order valence-corrected chi connectivity index (χ3v) is 3.57. The number of benzene rings is 1. The van der Waals surface area contributed by atoms with Gasteiger partial charge in [0.15, 0.2) is 0 Å². The van der Waals surface area contributed by atoms with Gasteiger partial charge in [-0.2, -0.15) is 0 Å². The van der Waals surface area contributed by atoms with Crippen molar-refractivity contribution in [3.8, 4) is 5.75 Å². The number of amides is 1. The summed E-state index contributed by atoms with van der Waals surface area (Å²) in [5, 5.41) is 4.75. The predicted molar refractivity (Wildman–Crippen MR) is 84.2 cm³/mol. The Morgan fingerprint density at radius 1 is 1.38 bits per heavy atom. The van der Waals surface area contributed by atoms with Gasteiger partial charge in [0, 0.05) is 10.4 Å². The minimum absolute atomic E-state index is 0.0139. The van der Waals surface area contributed by atoms with Crippen molar-refractivity contribution in [2.75, 3.05) is 5.32 Å². The van der Waals surface area contributed by atoms with Crippen molar-refractivity contribution in [1.82, 2.24) is 0 Å². The van der Waals surface area contributed by atoms with Crippen LogP contribution < -0.4 is 10.1 Å². The second-order valence-electron chi connectivity index (χ2n) is 4.84. The van der Waals surface area contributed by atoms with E-state index in [1.54, 1.807) is 18.2 Å². The molecule has 4 nitrogen and oxygen atoms in total. The number of aldehydes is 1. The van der Waals surface area contributed by atoms with Crippen LogP contribution in [0.3, 0.4) is 0 Å². The lowest BCUT2D eigenvalue weighted by Gasteiger charge is -2.15. The van der Waals surface area contributed by atoms with Crippen molar-refractivity contribution in [1.29, 1.82) is 0 Å². The van der Waals surface area contributed by atoms with Crippen molar-refractivity contribution < 1.29 is 14.3 Å². The number of ether oxygens (including phenoxy) is 1. The molecule has 1 heterocycles. The monoisotopic (exact) mass is 303 g/mol. The molecule has 0 bridgehead atoms. The smallest absolute Gasteiger partial charge is 0.229 e. The zero-order valence-electron chi connectivity index (χ0n) is 12.0. The number of carbonyl (C=O) groups is 2. The Balaban J connectivity index is 2.15. The minimum Gasteiger partial charge on any atom is -0.489 e. The molecule has 5 heteroatoms. The molecule has 110 valence electrons. The van der Waals surface area contributed by atoms with Crippen LogP contribution in [0.15, 0.2) is 35.7 Å². The van der Waals surface area contributed by atoms with Crippen LogP contribution in [0.5, 0.6) is 5.75 Å². The highest BCUT2D eigenvalue weighted by Gasteiger charge is 2.11. The second kappa shape index (κ2) is 7.04. The average Bonchev–Trinajstić information content (AvgIpc) is 2.93. The molecule has 0 aliphatic heterocycles. The van der Waals surface area contributed by atoms with Crippen LogP contribution in [-0.4, -0.2) is 18.3 Å². The lowest BCUT2D eigenvalue weighted by Crippen LogP contribution is -2.16. The van der Waals surface area contributed by atoms with Gasteiger partial charge in [0.05, 0.1) is 18.2 Å². The highest BCUT2D eigenvalue weighted by Crippen LogP contribution is 2.27. The summed E-state index contributed by atoms with van der Waals surface area (Å²) in [5.41, 5.74) is 1.02. The maximum absolute atomic E-state index is 12.1. The lowest BCUT2D eigenvalue weighted by molar-refractivity contribution is -0.115. The van der Waals surface area contributed by atoms with Crippen LogP contribution in [0.2, 0.25) is 0 Å². The van der Waals surface area contributed by atoms with Gasteiger partial charge < -0.3 is 10.1 Å². The maximum atomic E-state index is 12.1. The minimum atomic E-state index is -0.130. The van der Waals surface area contributed by atoms with Crippen LogP contribution >= 0.6 is 11.3 Å². The quantitative estimate of drug-likeness (QED) is 0.831. The van der Waals surface area contributed by atoms with E-state index < -0.39 is 0 Å². The molecular formula is C16H17NO3S. The van der Waals surface area contributed by atoms with Crippen LogP contribution in [0, 0.1) is 0 Å². The Hall–Kier alpha value is -2.14. The first-order chi connectivity index (χ1) is 10.1. The van der Waals surface area contributed by atoms with Crippen LogP contribution in [-0.2, 0) is 11.2 Å². The van der Waals surface area contributed by atoms with Crippen molar-refractivity contribution in [2.24, 2.45) is 0 Å². The molecule has 2 rings (SSSR count). The van der Waals surface area contributed by atoms with Crippen LogP contribution in [0.4, 0.5) is 5.69 Å². The van der Waals surface area contributed by atoms with Crippen LogP contribution in [0.25, 0.3) is 0 Å². The van der Waals surface area contributed by atoms with Gasteiger partial charge in [-0.1, -0.05) is 6.07 Å². The number of hydrogen-bond acceptors (Lipinski definition) is 4. The van der Waals surface area contributed by atoms with Crippen molar-refractivity contribution in [2.45, 2.75) is 26.4 Å². The van der Waals surface area contributed by atoms with E-state index in [2.05, 4.69) is 5.32 Å². The van der Waals surface area contributed by atoms with Crippen molar-refractivity contribution in [3.63, 3.8) is 0 Å². The molecule has 21 heavy (non-hydrogen) atoms. The summed E-state index contributed by atoms with van der Waals surface area (Å²) in [4.78, 5) is 23.9. The van der Waals surface area contributed by atoms with Gasteiger partial charge in [0.25, 0.3) is 0 Å². The van der Waals surface area contributed by atoms with E-state index in [0.717, 1.165) is 11.2 Å². The Kier molecular flexibility index (Phi) is 5.11. The Morgan fingerprint density at radius 3 is 2.81 bits per heavy atom. The Bertz CT molecular complexity index is 620. The number of nitrogens with one attached hydrogen (secondary N) is 1.